The number of hydrogen-bond acceptors (Lipinski definition) is 7. The number of aliphatic hydroxyl groups is 1. The lowest BCUT2D eigenvalue weighted by atomic mass is 9.98. The van der Waals surface area contributed by atoms with Gasteiger partial charge in [0, 0.05) is 5.56 Å². The molecule has 1 amide bonds. The van der Waals surface area contributed by atoms with Crippen LogP contribution in [-0.2, 0) is 9.59 Å². The molecule has 33 heavy (non-hydrogen) atoms. The summed E-state index contributed by atoms with van der Waals surface area (Å²) in [5.74, 6) is -0.826. The summed E-state index contributed by atoms with van der Waals surface area (Å²) >= 11 is 1.31. The number of ketones is 1. The maximum Gasteiger partial charge on any atom is 0.302 e. The van der Waals surface area contributed by atoms with Crippen molar-refractivity contribution < 1.29 is 23.8 Å². The quantitative estimate of drug-likeness (QED) is 0.257. The third-order valence-electron chi connectivity index (χ3n) is 5.66. The van der Waals surface area contributed by atoms with Crippen LogP contribution in [0.5, 0.6) is 5.75 Å². The number of aryl methyl sites for hydroxylation is 2. The van der Waals surface area contributed by atoms with E-state index >= 15 is 0 Å². The van der Waals surface area contributed by atoms with Crippen molar-refractivity contribution in [1.29, 1.82) is 0 Å². The number of carbonyl (C=O) groups excluding carboxylic acids is 2. The molecule has 0 spiro atoms. The van der Waals surface area contributed by atoms with Crippen LogP contribution in [0.15, 0.2) is 64.8 Å². The molecule has 2 aromatic carbocycles. The van der Waals surface area contributed by atoms with Crippen molar-refractivity contribution in [3.8, 4) is 5.75 Å². The minimum Gasteiger partial charge on any atom is -0.507 e. The van der Waals surface area contributed by atoms with E-state index in [1.54, 1.807) is 37.4 Å². The maximum atomic E-state index is 13.2. The zero-order valence-electron chi connectivity index (χ0n) is 18.2. The molecule has 0 aliphatic carbocycles. The fraction of sp³-hybridized carbons (Fsp3) is 0.160. The highest BCUT2D eigenvalue weighted by Gasteiger charge is 2.49. The van der Waals surface area contributed by atoms with Gasteiger partial charge in [-0.3, -0.25) is 14.5 Å². The van der Waals surface area contributed by atoms with E-state index in [1.807, 2.05) is 32.0 Å². The van der Waals surface area contributed by atoms with Gasteiger partial charge in [0.1, 0.15) is 23.3 Å². The van der Waals surface area contributed by atoms with Crippen LogP contribution in [0.2, 0.25) is 0 Å². The van der Waals surface area contributed by atoms with Crippen molar-refractivity contribution in [2.45, 2.75) is 19.9 Å². The molecule has 1 aliphatic rings. The van der Waals surface area contributed by atoms with Gasteiger partial charge in [0.2, 0.25) is 0 Å². The molecular formula is C25H20N2O5S. The summed E-state index contributed by atoms with van der Waals surface area (Å²) in [5, 5.41) is 11.6. The highest BCUT2D eigenvalue weighted by atomic mass is 32.1. The van der Waals surface area contributed by atoms with E-state index < -0.39 is 17.7 Å². The molecule has 8 heteroatoms. The molecule has 5 rings (SSSR count). The van der Waals surface area contributed by atoms with Gasteiger partial charge in [-0.2, -0.15) is 0 Å². The van der Waals surface area contributed by atoms with Gasteiger partial charge in [0.15, 0.2) is 5.13 Å². The lowest BCUT2D eigenvalue weighted by Gasteiger charge is -2.20. The number of anilines is 1. The number of hydrogen-bond donors (Lipinski definition) is 1. The predicted octanol–water partition coefficient (Wildman–Crippen LogP) is 5.14. The number of benzene rings is 2. The first kappa shape index (κ1) is 21.0. The number of nitrogens with zero attached hydrogens (tertiary/aromatic N) is 2. The highest BCUT2D eigenvalue weighted by molar-refractivity contribution is 7.22. The highest BCUT2D eigenvalue weighted by Crippen LogP contribution is 2.44. The monoisotopic (exact) mass is 460 g/mol. The topological polar surface area (TPSA) is 92.9 Å². The first-order valence-corrected chi connectivity index (χ1v) is 11.1. The van der Waals surface area contributed by atoms with Crippen LogP contribution in [0.3, 0.4) is 0 Å². The lowest BCUT2D eigenvalue weighted by Crippen LogP contribution is -2.29. The third-order valence-corrected chi connectivity index (χ3v) is 6.68. The number of aliphatic hydroxyl groups excluding tert-OH is 1. The van der Waals surface area contributed by atoms with Crippen LogP contribution >= 0.6 is 11.3 Å². The van der Waals surface area contributed by atoms with Gasteiger partial charge in [-0.1, -0.05) is 17.4 Å². The zero-order chi connectivity index (χ0) is 23.3. The van der Waals surface area contributed by atoms with E-state index in [-0.39, 0.29) is 11.3 Å². The van der Waals surface area contributed by atoms with E-state index in [1.165, 1.54) is 22.5 Å². The molecule has 0 unspecified atom stereocenters. The smallest absolute Gasteiger partial charge is 0.302 e. The number of thiazole rings is 1. The first-order valence-electron chi connectivity index (χ1n) is 10.3. The Hall–Kier alpha value is -3.91. The molecule has 0 saturated carbocycles. The Morgan fingerprint density at radius 3 is 2.67 bits per heavy atom. The second-order valence-corrected chi connectivity index (χ2v) is 8.85. The van der Waals surface area contributed by atoms with Crippen LogP contribution in [0, 0.1) is 13.8 Å². The molecule has 1 aliphatic heterocycles. The number of amides is 1. The molecule has 3 heterocycles. The number of fused-ring (bicyclic) bond motifs is 1. The Morgan fingerprint density at radius 1 is 1.15 bits per heavy atom. The number of furan rings is 1. The normalized spacial score (nSPS) is 17.8. The van der Waals surface area contributed by atoms with Crippen molar-refractivity contribution in [3.63, 3.8) is 0 Å². The molecule has 166 valence electrons. The molecule has 2 aromatic heterocycles. The average molecular weight is 461 g/mol. The molecular weight excluding hydrogens is 440 g/mol. The van der Waals surface area contributed by atoms with E-state index in [9.17, 15) is 14.7 Å². The minimum atomic E-state index is -0.941. The van der Waals surface area contributed by atoms with Crippen molar-refractivity contribution >= 4 is 44.1 Å². The third kappa shape index (κ3) is 3.39. The van der Waals surface area contributed by atoms with Gasteiger partial charge < -0.3 is 14.3 Å². The van der Waals surface area contributed by atoms with Crippen molar-refractivity contribution in [3.05, 3.63) is 82.8 Å². The van der Waals surface area contributed by atoms with E-state index in [4.69, 9.17) is 9.15 Å². The van der Waals surface area contributed by atoms with E-state index in [0.717, 1.165) is 21.3 Å². The summed E-state index contributed by atoms with van der Waals surface area (Å²) in [7, 11) is 1.56. The summed E-state index contributed by atoms with van der Waals surface area (Å²) in [6.45, 7) is 3.81. The predicted molar refractivity (Wildman–Crippen MR) is 126 cm³/mol. The molecule has 0 radical (unpaired) electrons. The lowest BCUT2D eigenvalue weighted by molar-refractivity contribution is -0.132. The van der Waals surface area contributed by atoms with Gasteiger partial charge in [-0.25, -0.2) is 4.98 Å². The second kappa shape index (κ2) is 7.90. The molecule has 1 saturated heterocycles. The zero-order valence-corrected chi connectivity index (χ0v) is 19.0. The number of carbonyl (C=O) groups is 2. The molecule has 0 bridgehead atoms. The number of Topliss-reactive ketones (excluding diaryl/α,β-unsaturated/α-hetero) is 1. The minimum absolute atomic E-state index is 0.0463. The number of rotatable bonds is 4. The Balaban J connectivity index is 1.70. The Kier molecular flexibility index (Phi) is 5.02. The summed E-state index contributed by atoms with van der Waals surface area (Å²) in [4.78, 5) is 32.3. The fourth-order valence-electron chi connectivity index (χ4n) is 4.05. The summed E-state index contributed by atoms with van der Waals surface area (Å²) in [6, 6.07) is 13.3. The van der Waals surface area contributed by atoms with Crippen LogP contribution in [0.4, 0.5) is 5.13 Å². The number of methoxy groups -OCH3 is 1. The molecule has 4 aromatic rings. The second-order valence-electron chi connectivity index (χ2n) is 7.84. The summed E-state index contributed by atoms with van der Waals surface area (Å²) in [6.07, 6.45) is 1.47. The van der Waals surface area contributed by atoms with Gasteiger partial charge in [-0.15, -0.1) is 0 Å². The van der Waals surface area contributed by atoms with Gasteiger partial charge in [0.05, 0.1) is 29.2 Å². The molecule has 7 nitrogen and oxygen atoms in total. The van der Waals surface area contributed by atoms with Crippen LogP contribution in [-0.4, -0.2) is 28.9 Å². The van der Waals surface area contributed by atoms with Gasteiger partial charge in [0.25, 0.3) is 5.78 Å². The molecule has 1 atom stereocenters. The van der Waals surface area contributed by atoms with Crippen molar-refractivity contribution in [2.75, 3.05) is 12.0 Å². The van der Waals surface area contributed by atoms with Gasteiger partial charge >= 0.3 is 5.91 Å². The Bertz CT molecular complexity index is 1430. The van der Waals surface area contributed by atoms with Crippen LogP contribution in [0.1, 0.15) is 28.5 Å². The largest absolute Gasteiger partial charge is 0.507 e. The molecule has 1 fully saturated rings. The van der Waals surface area contributed by atoms with Gasteiger partial charge in [-0.05, 0) is 67.4 Å². The molecule has 1 N–H and O–H groups in total. The van der Waals surface area contributed by atoms with Crippen molar-refractivity contribution in [2.24, 2.45) is 0 Å². The van der Waals surface area contributed by atoms with Crippen molar-refractivity contribution in [1.82, 2.24) is 4.98 Å². The summed E-state index contributed by atoms with van der Waals surface area (Å²) < 4.78 is 11.8. The standard InChI is InChI=1S/C25H20N2O5S/c1-13-6-8-16-19(11-13)33-25(26-16)27-21(18-5-4-10-32-18)20(23(29)24(27)30)22(28)15-7-9-17(31-3)14(2)12-15/h4-12,21,28H,1-3H3/b22-20+/t21-/m1/s1. The van der Waals surface area contributed by atoms with E-state index in [0.29, 0.717) is 22.2 Å². The number of aromatic nitrogens is 1. The summed E-state index contributed by atoms with van der Waals surface area (Å²) in [5.41, 5.74) is 2.94. The Morgan fingerprint density at radius 2 is 1.97 bits per heavy atom. The Labute approximate surface area is 193 Å². The van der Waals surface area contributed by atoms with Crippen LogP contribution in [0.25, 0.3) is 16.0 Å². The maximum absolute atomic E-state index is 13.2. The average Bonchev–Trinajstić information content (AvgIpc) is 3.52. The number of ether oxygens (including phenoxy) is 1. The SMILES string of the molecule is COc1ccc(/C(O)=C2\C(=O)C(=O)N(c3nc4ccc(C)cc4s3)[C@@H]2c2ccco2)cc1C. The fourth-order valence-corrected chi connectivity index (χ4v) is 5.14. The van der Waals surface area contributed by atoms with E-state index in [2.05, 4.69) is 4.98 Å². The van der Waals surface area contributed by atoms with Crippen LogP contribution < -0.4 is 9.64 Å². The first-order chi connectivity index (χ1) is 15.9.